The van der Waals surface area contributed by atoms with E-state index in [1.54, 1.807) is 11.1 Å². The Labute approximate surface area is 138 Å². The number of aromatic nitrogens is 1. The van der Waals surface area contributed by atoms with E-state index in [4.69, 9.17) is 4.74 Å². The quantitative estimate of drug-likeness (QED) is 0.921. The van der Waals surface area contributed by atoms with E-state index in [1.165, 1.54) is 0 Å². The maximum atomic E-state index is 12.8. The van der Waals surface area contributed by atoms with E-state index in [9.17, 15) is 4.79 Å². The van der Waals surface area contributed by atoms with Crippen LogP contribution in [0.2, 0.25) is 0 Å². The molecule has 1 aromatic rings. The molecule has 23 heavy (non-hydrogen) atoms. The molecule has 0 spiro atoms. The normalized spacial score (nSPS) is 21.8. The summed E-state index contributed by atoms with van der Waals surface area (Å²) >= 11 is 0. The van der Waals surface area contributed by atoms with E-state index < -0.39 is 5.60 Å². The van der Waals surface area contributed by atoms with Crippen molar-refractivity contribution in [2.45, 2.75) is 70.6 Å². The average Bonchev–Trinajstić information content (AvgIpc) is 2.94. The molecule has 1 N–H and O–H groups in total. The molecule has 1 aromatic heterocycles. The zero-order valence-corrected chi connectivity index (χ0v) is 14.3. The van der Waals surface area contributed by atoms with Crippen LogP contribution in [-0.2, 0) is 4.74 Å². The molecule has 1 atom stereocenters. The zero-order valence-electron chi connectivity index (χ0n) is 14.3. The molecule has 1 aliphatic carbocycles. The summed E-state index contributed by atoms with van der Waals surface area (Å²) in [4.78, 5) is 19.2. The maximum absolute atomic E-state index is 12.8. The average molecular weight is 317 g/mol. The Bertz CT molecular complexity index is 558. The second-order valence-electron chi connectivity index (χ2n) is 7.50. The standard InChI is InChI=1S/C18H27N3O2/c1-18(2,3)23-17(22)21(13-7-4-8-13)16-14(9-5-12-20-16)15-10-6-11-19-15/h5,9,12-13,15,19H,4,6-8,10-11H2,1-3H3. The number of pyridine rings is 1. The number of nitrogens with one attached hydrogen (secondary N) is 1. The lowest BCUT2D eigenvalue weighted by Gasteiger charge is -2.38. The highest BCUT2D eigenvalue weighted by atomic mass is 16.6. The van der Waals surface area contributed by atoms with Crippen molar-refractivity contribution < 1.29 is 9.53 Å². The van der Waals surface area contributed by atoms with Crippen LogP contribution in [0.5, 0.6) is 0 Å². The molecule has 3 rings (SSSR count). The van der Waals surface area contributed by atoms with E-state index in [0.717, 1.165) is 50.0 Å². The molecule has 0 bridgehead atoms. The molecule has 1 amide bonds. The Morgan fingerprint density at radius 1 is 1.30 bits per heavy atom. The van der Waals surface area contributed by atoms with E-state index in [-0.39, 0.29) is 18.2 Å². The van der Waals surface area contributed by atoms with Gasteiger partial charge in [0.15, 0.2) is 0 Å². The van der Waals surface area contributed by atoms with Gasteiger partial charge < -0.3 is 10.1 Å². The van der Waals surface area contributed by atoms with Gasteiger partial charge in [-0.25, -0.2) is 9.78 Å². The number of nitrogens with zero attached hydrogens (tertiary/aromatic N) is 2. The van der Waals surface area contributed by atoms with Gasteiger partial charge in [-0.1, -0.05) is 6.07 Å². The number of ether oxygens (including phenoxy) is 1. The minimum absolute atomic E-state index is 0.208. The third-order valence-corrected chi connectivity index (χ3v) is 4.51. The lowest BCUT2D eigenvalue weighted by atomic mass is 9.91. The third-order valence-electron chi connectivity index (χ3n) is 4.51. The lowest BCUT2D eigenvalue weighted by molar-refractivity contribution is 0.0547. The van der Waals surface area contributed by atoms with Crippen LogP contribution < -0.4 is 10.2 Å². The topological polar surface area (TPSA) is 54.5 Å². The van der Waals surface area contributed by atoms with Crippen LogP contribution in [-0.4, -0.2) is 29.3 Å². The van der Waals surface area contributed by atoms with Crippen LogP contribution in [0.15, 0.2) is 18.3 Å². The Hall–Kier alpha value is -1.62. The van der Waals surface area contributed by atoms with E-state index in [2.05, 4.69) is 16.4 Å². The molecule has 1 saturated carbocycles. The van der Waals surface area contributed by atoms with Crippen LogP contribution in [0.3, 0.4) is 0 Å². The molecule has 2 heterocycles. The first-order chi connectivity index (χ1) is 11.0. The fourth-order valence-corrected chi connectivity index (χ4v) is 3.20. The third kappa shape index (κ3) is 3.66. The maximum Gasteiger partial charge on any atom is 0.416 e. The molecule has 1 unspecified atom stereocenters. The number of amides is 1. The molecular weight excluding hydrogens is 290 g/mol. The summed E-state index contributed by atoms with van der Waals surface area (Å²) in [5.41, 5.74) is 0.613. The highest BCUT2D eigenvalue weighted by molar-refractivity contribution is 5.88. The van der Waals surface area contributed by atoms with Crippen molar-refractivity contribution in [3.63, 3.8) is 0 Å². The van der Waals surface area contributed by atoms with E-state index in [0.29, 0.717) is 0 Å². The summed E-state index contributed by atoms with van der Waals surface area (Å²) in [6.45, 7) is 6.74. The predicted molar refractivity (Wildman–Crippen MR) is 90.6 cm³/mol. The molecule has 5 heteroatoms. The van der Waals surface area contributed by atoms with Gasteiger partial charge in [-0.2, -0.15) is 0 Å². The van der Waals surface area contributed by atoms with Crippen molar-refractivity contribution >= 4 is 11.9 Å². The van der Waals surface area contributed by atoms with Gasteiger partial charge in [-0.15, -0.1) is 0 Å². The molecule has 0 radical (unpaired) electrons. The van der Waals surface area contributed by atoms with Crippen molar-refractivity contribution in [1.29, 1.82) is 0 Å². The van der Waals surface area contributed by atoms with Crippen molar-refractivity contribution in [2.75, 3.05) is 11.4 Å². The van der Waals surface area contributed by atoms with Crippen molar-refractivity contribution in [3.05, 3.63) is 23.9 Å². The van der Waals surface area contributed by atoms with Crippen LogP contribution in [0.25, 0.3) is 0 Å². The number of carbonyl (C=O) groups is 1. The van der Waals surface area contributed by atoms with Crippen LogP contribution in [0, 0.1) is 0 Å². The highest BCUT2D eigenvalue weighted by Crippen LogP contribution is 2.35. The monoisotopic (exact) mass is 317 g/mol. The van der Waals surface area contributed by atoms with Crippen molar-refractivity contribution in [3.8, 4) is 0 Å². The first-order valence-electron chi connectivity index (χ1n) is 8.66. The Morgan fingerprint density at radius 2 is 2.09 bits per heavy atom. The minimum atomic E-state index is -0.500. The number of anilines is 1. The van der Waals surface area contributed by atoms with Gasteiger partial charge in [0.25, 0.3) is 0 Å². The first-order valence-corrected chi connectivity index (χ1v) is 8.66. The molecule has 5 nitrogen and oxygen atoms in total. The van der Waals surface area contributed by atoms with Gasteiger partial charge in [-0.3, -0.25) is 4.90 Å². The summed E-state index contributed by atoms with van der Waals surface area (Å²) in [7, 11) is 0. The molecule has 2 aliphatic rings. The first kappa shape index (κ1) is 16.2. The van der Waals surface area contributed by atoms with Crippen molar-refractivity contribution in [1.82, 2.24) is 10.3 Å². The molecule has 126 valence electrons. The summed E-state index contributed by atoms with van der Waals surface area (Å²) in [6.07, 6.45) is 6.94. The molecule has 2 fully saturated rings. The molecule has 1 saturated heterocycles. The number of hydrogen-bond acceptors (Lipinski definition) is 4. The summed E-state index contributed by atoms with van der Waals surface area (Å²) in [5.74, 6) is 0.769. The number of carbonyl (C=O) groups excluding carboxylic acids is 1. The van der Waals surface area contributed by atoms with Gasteiger partial charge in [-0.05, 0) is 65.5 Å². The van der Waals surface area contributed by atoms with Gasteiger partial charge in [0.2, 0.25) is 0 Å². The highest BCUT2D eigenvalue weighted by Gasteiger charge is 2.36. The number of hydrogen-bond donors (Lipinski definition) is 1. The summed E-state index contributed by atoms with van der Waals surface area (Å²) < 4.78 is 5.66. The Morgan fingerprint density at radius 3 is 2.65 bits per heavy atom. The van der Waals surface area contributed by atoms with Crippen LogP contribution >= 0.6 is 0 Å². The lowest BCUT2D eigenvalue weighted by Crippen LogP contribution is -2.47. The predicted octanol–water partition coefficient (Wildman–Crippen LogP) is 3.80. The Balaban J connectivity index is 1.92. The van der Waals surface area contributed by atoms with Gasteiger partial charge >= 0.3 is 6.09 Å². The molecule has 1 aliphatic heterocycles. The van der Waals surface area contributed by atoms with Crippen LogP contribution in [0.4, 0.5) is 10.6 Å². The fourth-order valence-electron chi connectivity index (χ4n) is 3.20. The van der Waals surface area contributed by atoms with E-state index >= 15 is 0 Å². The molecular formula is C18H27N3O2. The van der Waals surface area contributed by atoms with E-state index in [1.807, 2.05) is 26.8 Å². The second-order valence-corrected chi connectivity index (χ2v) is 7.50. The minimum Gasteiger partial charge on any atom is -0.443 e. The number of rotatable bonds is 3. The summed E-state index contributed by atoms with van der Waals surface area (Å²) in [5, 5.41) is 3.51. The largest absolute Gasteiger partial charge is 0.443 e. The molecule has 0 aromatic carbocycles. The van der Waals surface area contributed by atoms with Gasteiger partial charge in [0.05, 0.1) is 0 Å². The smallest absolute Gasteiger partial charge is 0.416 e. The Kier molecular flexibility index (Phi) is 4.57. The SMILES string of the molecule is CC(C)(C)OC(=O)N(c1ncccc1C1CCCN1)C1CCC1. The zero-order chi connectivity index (χ0) is 16.4. The van der Waals surface area contributed by atoms with Gasteiger partial charge in [0.1, 0.15) is 11.4 Å². The summed E-state index contributed by atoms with van der Waals surface area (Å²) in [6, 6.07) is 4.53. The van der Waals surface area contributed by atoms with Crippen LogP contribution in [0.1, 0.15) is 64.5 Å². The van der Waals surface area contributed by atoms with Crippen molar-refractivity contribution in [2.24, 2.45) is 0 Å². The second kappa shape index (κ2) is 6.48. The fraction of sp³-hybridized carbons (Fsp3) is 0.667. The van der Waals surface area contributed by atoms with Gasteiger partial charge in [0, 0.05) is 23.8 Å².